The van der Waals surface area contributed by atoms with Gasteiger partial charge in [0.05, 0.1) is 0 Å². The van der Waals surface area contributed by atoms with Gasteiger partial charge in [-0.2, -0.15) is 0 Å². The number of hydrogen-bond donors (Lipinski definition) is 1. The van der Waals surface area contributed by atoms with Crippen molar-refractivity contribution in [2.45, 2.75) is 31.7 Å². The van der Waals surface area contributed by atoms with E-state index >= 15 is 0 Å². The fourth-order valence-electron chi connectivity index (χ4n) is 2.80. The molecular weight excluding hydrogens is 224 g/mol. The molecule has 0 aromatic heterocycles. The first-order chi connectivity index (χ1) is 8.79. The zero-order valence-corrected chi connectivity index (χ0v) is 10.9. The SMILES string of the molecule is CNC1CCN(C(=O)CC2CC2)c2ccccc21. The van der Waals surface area contributed by atoms with E-state index in [9.17, 15) is 4.79 Å². The number of nitrogens with one attached hydrogen (secondary N) is 1. The lowest BCUT2D eigenvalue weighted by Gasteiger charge is -2.34. The van der Waals surface area contributed by atoms with Crippen LogP contribution in [0, 0.1) is 5.92 Å². The fraction of sp³-hybridized carbons (Fsp3) is 0.533. The van der Waals surface area contributed by atoms with Crippen LogP contribution in [0.5, 0.6) is 0 Å². The molecule has 1 heterocycles. The maximum atomic E-state index is 12.3. The minimum atomic E-state index is 0.305. The summed E-state index contributed by atoms with van der Waals surface area (Å²) >= 11 is 0. The summed E-state index contributed by atoms with van der Waals surface area (Å²) in [7, 11) is 1.99. The first-order valence-corrected chi connectivity index (χ1v) is 6.86. The second-order valence-electron chi connectivity index (χ2n) is 5.38. The third-order valence-electron chi connectivity index (χ3n) is 4.05. The summed E-state index contributed by atoms with van der Waals surface area (Å²) in [5.41, 5.74) is 2.36. The molecule has 3 nitrogen and oxygen atoms in total. The van der Waals surface area contributed by atoms with Crippen LogP contribution in [0.15, 0.2) is 24.3 Å². The van der Waals surface area contributed by atoms with Crippen molar-refractivity contribution in [3.8, 4) is 0 Å². The normalized spacial score (nSPS) is 22.7. The van der Waals surface area contributed by atoms with Gasteiger partial charge in [0, 0.05) is 24.7 Å². The molecule has 1 atom stereocenters. The first kappa shape index (κ1) is 11.7. The summed E-state index contributed by atoms with van der Waals surface area (Å²) in [6, 6.07) is 8.66. The van der Waals surface area contributed by atoms with Crippen molar-refractivity contribution in [3.63, 3.8) is 0 Å². The summed E-state index contributed by atoms with van der Waals surface area (Å²) < 4.78 is 0. The van der Waals surface area contributed by atoms with Crippen molar-refractivity contribution in [2.75, 3.05) is 18.5 Å². The molecule has 0 spiro atoms. The van der Waals surface area contributed by atoms with E-state index < -0.39 is 0 Å². The molecule has 0 radical (unpaired) electrons. The van der Waals surface area contributed by atoms with Gasteiger partial charge in [-0.15, -0.1) is 0 Å². The van der Waals surface area contributed by atoms with E-state index in [1.165, 1.54) is 18.4 Å². The summed E-state index contributed by atoms with van der Waals surface area (Å²) in [5, 5.41) is 3.33. The van der Waals surface area contributed by atoms with Crippen LogP contribution < -0.4 is 10.2 Å². The first-order valence-electron chi connectivity index (χ1n) is 6.86. The van der Waals surface area contributed by atoms with E-state index in [1.54, 1.807) is 0 Å². The third kappa shape index (κ3) is 2.15. The third-order valence-corrected chi connectivity index (χ3v) is 4.05. The number of carbonyl (C=O) groups excluding carboxylic acids is 1. The predicted molar refractivity (Wildman–Crippen MR) is 72.6 cm³/mol. The molecule has 18 heavy (non-hydrogen) atoms. The Morgan fingerprint density at radius 3 is 2.83 bits per heavy atom. The van der Waals surface area contributed by atoms with Crippen molar-refractivity contribution in [1.82, 2.24) is 5.32 Å². The van der Waals surface area contributed by atoms with Gasteiger partial charge in [0.15, 0.2) is 0 Å². The van der Waals surface area contributed by atoms with Crippen molar-refractivity contribution in [1.29, 1.82) is 0 Å². The number of para-hydroxylation sites is 1. The molecule has 1 aliphatic heterocycles. The van der Waals surface area contributed by atoms with Crippen LogP contribution >= 0.6 is 0 Å². The second kappa shape index (κ2) is 4.73. The number of anilines is 1. The molecule has 1 N–H and O–H groups in total. The Morgan fingerprint density at radius 1 is 1.33 bits per heavy atom. The van der Waals surface area contributed by atoms with Gasteiger partial charge in [0.25, 0.3) is 0 Å². The molecule has 1 aliphatic carbocycles. The number of rotatable bonds is 3. The van der Waals surface area contributed by atoms with Gasteiger partial charge in [-0.05, 0) is 43.9 Å². The number of hydrogen-bond acceptors (Lipinski definition) is 2. The summed E-state index contributed by atoms with van der Waals surface area (Å²) in [4.78, 5) is 14.3. The molecule has 3 heteroatoms. The number of nitrogens with zero attached hydrogens (tertiary/aromatic N) is 1. The van der Waals surface area contributed by atoms with Gasteiger partial charge in [0.1, 0.15) is 0 Å². The molecule has 1 amide bonds. The van der Waals surface area contributed by atoms with Crippen LogP contribution in [0.25, 0.3) is 0 Å². The van der Waals surface area contributed by atoms with Crippen LogP contribution in [0.4, 0.5) is 5.69 Å². The maximum absolute atomic E-state index is 12.3. The predicted octanol–water partition coefficient (Wildman–Crippen LogP) is 2.48. The lowest BCUT2D eigenvalue weighted by atomic mass is 9.96. The minimum Gasteiger partial charge on any atom is -0.313 e. The maximum Gasteiger partial charge on any atom is 0.227 e. The summed E-state index contributed by atoms with van der Waals surface area (Å²) in [6.07, 6.45) is 4.21. The molecule has 1 saturated carbocycles. The van der Waals surface area contributed by atoms with Crippen LogP contribution in [0.3, 0.4) is 0 Å². The van der Waals surface area contributed by atoms with E-state index in [0.717, 1.165) is 25.1 Å². The average Bonchev–Trinajstić information content (AvgIpc) is 3.21. The molecule has 0 saturated heterocycles. The van der Waals surface area contributed by atoms with Crippen LogP contribution in [-0.4, -0.2) is 19.5 Å². The number of fused-ring (bicyclic) bond motifs is 1. The molecule has 0 bridgehead atoms. The Kier molecular flexibility index (Phi) is 3.08. The number of benzene rings is 1. The lowest BCUT2D eigenvalue weighted by Crippen LogP contribution is -2.39. The summed E-state index contributed by atoms with van der Waals surface area (Å²) in [6.45, 7) is 0.841. The Balaban J connectivity index is 1.85. The van der Waals surface area contributed by atoms with Gasteiger partial charge < -0.3 is 10.2 Å². The van der Waals surface area contributed by atoms with Crippen LogP contribution in [0.2, 0.25) is 0 Å². The monoisotopic (exact) mass is 244 g/mol. The Bertz CT molecular complexity index is 454. The topological polar surface area (TPSA) is 32.3 Å². The van der Waals surface area contributed by atoms with Crippen molar-refractivity contribution < 1.29 is 4.79 Å². The molecule has 2 aliphatic rings. The highest BCUT2D eigenvalue weighted by atomic mass is 16.2. The number of carbonyl (C=O) groups is 1. The standard InChI is InChI=1S/C15H20N2O/c1-16-13-8-9-17(15(18)10-11-6-7-11)14-5-3-2-4-12(13)14/h2-5,11,13,16H,6-10H2,1H3. The average molecular weight is 244 g/mol. The van der Waals surface area contributed by atoms with Gasteiger partial charge in [-0.1, -0.05) is 18.2 Å². The Labute approximate surface area is 108 Å². The van der Waals surface area contributed by atoms with E-state index in [0.29, 0.717) is 17.9 Å². The largest absolute Gasteiger partial charge is 0.313 e. The zero-order valence-electron chi connectivity index (χ0n) is 10.9. The molecule has 1 unspecified atom stereocenters. The van der Waals surface area contributed by atoms with Gasteiger partial charge in [-0.3, -0.25) is 4.79 Å². The molecule has 96 valence electrons. The zero-order chi connectivity index (χ0) is 12.5. The smallest absolute Gasteiger partial charge is 0.227 e. The number of amides is 1. The Hall–Kier alpha value is -1.35. The van der Waals surface area contributed by atoms with Crippen LogP contribution in [-0.2, 0) is 4.79 Å². The highest BCUT2D eigenvalue weighted by Crippen LogP contribution is 2.37. The van der Waals surface area contributed by atoms with Crippen molar-refractivity contribution >= 4 is 11.6 Å². The van der Waals surface area contributed by atoms with Crippen molar-refractivity contribution in [2.24, 2.45) is 5.92 Å². The summed E-state index contributed by atoms with van der Waals surface area (Å²) in [5.74, 6) is 0.964. The minimum absolute atomic E-state index is 0.305. The Morgan fingerprint density at radius 2 is 2.11 bits per heavy atom. The second-order valence-corrected chi connectivity index (χ2v) is 5.38. The van der Waals surface area contributed by atoms with E-state index in [2.05, 4.69) is 23.5 Å². The highest BCUT2D eigenvalue weighted by Gasteiger charge is 2.31. The van der Waals surface area contributed by atoms with Gasteiger partial charge in [0.2, 0.25) is 5.91 Å². The van der Waals surface area contributed by atoms with E-state index in [4.69, 9.17) is 0 Å². The molecule has 1 aromatic rings. The molecule has 3 rings (SSSR count). The van der Waals surface area contributed by atoms with Gasteiger partial charge >= 0.3 is 0 Å². The molecule has 1 aromatic carbocycles. The fourth-order valence-corrected chi connectivity index (χ4v) is 2.80. The van der Waals surface area contributed by atoms with Crippen molar-refractivity contribution in [3.05, 3.63) is 29.8 Å². The highest BCUT2D eigenvalue weighted by molar-refractivity contribution is 5.95. The van der Waals surface area contributed by atoms with Crippen LogP contribution in [0.1, 0.15) is 37.3 Å². The quantitative estimate of drug-likeness (QED) is 0.886. The lowest BCUT2D eigenvalue weighted by molar-refractivity contribution is -0.119. The van der Waals surface area contributed by atoms with E-state index in [1.807, 2.05) is 18.0 Å². The molecule has 1 fully saturated rings. The van der Waals surface area contributed by atoms with E-state index in [-0.39, 0.29) is 0 Å². The molecular formula is C15H20N2O. The van der Waals surface area contributed by atoms with Gasteiger partial charge in [-0.25, -0.2) is 0 Å².